The van der Waals surface area contributed by atoms with Crippen molar-refractivity contribution in [3.8, 4) is 0 Å². The van der Waals surface area contributed by atoms with Crippen LogP contribution in [0.5, 0.6) is 0 Å². The molecule has 0 saturated heterocycles. The molecule has 1 unspecified atom stereocenters. The molecule has 0 aromatic rings. The molecule has 0 heterocycles. The van der Waals surface area contributed by atoms with Crippen LogP contribution in [0.1, 0.15) is 13.3 Å². The van der Waals surface area contributed by atoms with Crippen molar-refractivity contribution in [2.45, 2.75) is 13.3 Å². The molecule has 6 heavy (non-hydrogen) atoms. The molecule has 0 spiro atoms. The Morgan fingerprint density at radius 3 is 2.17 bits per heavy atom. The Hall–Kier alpha value is 0.390. The number of hydrogen-bond acceptors (Lipinski definition) is 1. The van der Waals surface area contributed by atoms with Crippen LogP contribution < -0.4 is 0 Å². The number of nitrogens with zero attached hydrogens (tertiary/aromatic N) is 1. The van der Waals surface area contributed by atoms with Gasteiger partial charge in [0.25, 0.3) is 0 Å². The van der Waals surface area contributed by atoms with Crippen LogP contribution in [0.15, 0.2) is 0 Å². The third-order valence-corrected chi connectivity index (χ3v) is 0.835. The summed E-state index contributed by atoms with van der Waals surface area (Å²) in [5, 5.41) is 0. The van der Waals surface area contributed by atoms with E-state index in [1.54, 1.807) is 0 Å². The van der Waals surface area contributed by atoms with Crippen LogP contribution in [-0.2, 0) is 0 Å². The molecular weight excluding hydrogens is 93.0 g/mol. The molecule has 0 rings (SSSR count). The van der Waals surface area contributed by atoms with Gasteiger partial charge in [-0.25, -0.2) is 0 Å². The zero-order chi connectivity index (χ0) is 4.99. The first-order valence-corrected chi connectivity index (χ1v) is 2.75. The monoisotopic (exact) mass is 105 g/mol. The summed E-state index contributed by atoms with van der Waals surface area (Å²) in [7, 11) is 4.66. The quantitative estimate of drug-likeness (QED) is 0.475. The summed E-state index contributed by atoms with van der Waals surface area (Å²) in [6, 6.07) is 0. The first-order valence-electron chi connectivity index (χ1n) is 2.23. The lowest BCUT2D eigenvalue weighted by molar-refractivity contribution is 0.559. The summed E-state index contributed by atoms with van der Waals surface area (Å²) in [6.45, 7) is 3.34. The summed E-state index contributed by atoms with van der Waals surface area (Å²) in [5.74, 6) is 0. The average Bonchev–Trinajstić information content (AvgIpc) is 1.35. The second-order valence-electron chi connectivity index (χ2n) is 1.48. The summed E-state index contributed by atoms with van der Waals surface area (Å²) >= 11 is 0. The average molecular weight is 105 g/mol. The van der Waals surface area contributed by atoms with Gasteiger partial charge in [0.15, 0.2) is 0 Å². The Kier molecular flexibility index (Phi) is 3.81. The standard InChI is InChI=1S/C4H12NP/c1-3-4-5(2)6/h3-4,6H2,1-2H3. The maximum atomic E-state index is 2.61. The molecule has 38 valence electrons. The van der Waals surface area contributed by atoms with Crippen LogP contribution in [0, 0.1) is 0 Å². The smallest absolute Gasteiger partial charge is 0.00105 e. The third kappa shape index (κ3) is 4.39. The van der Waals surface area contributed by atoms with Gasteiger partial charge in [-0.05, 0) is 13.5 Å². The van der Waals surface area contributed by atoms with E-state index in [0.717, 1.165) is 0 Å². The summed E-state index contributed by atoms with van der Waals surface area (Å²) in [5.41, 5.74) is 0. The van der Waals surface area contributed by atoms with E-state index in [9.17, 15) is 0 Å². The summed E-state index contributed by atoms with van der Waals surface area (Å²) in [4.78, 5) is 0. The summed E-state index contributed by atoms with van der Waals surface area (Å²) < 4.78 is 2.10. The molecule has 1 atom stereocenters. The minimum absolute atomic E-state index is 1.17. The van der Waals surface area contributed by atoms with Crippen molar-refractivity contribution in [1.82, 2.24) is 4.67 Å². The van der Waals surface area contributed by atoms with E-state index < -0.39 is 0 Å². The Labute approximate surface area is 42.0 Å². The molecule has 0 bridgehead atoms. The Bertz CT molecular complexity index is 28.7. The van der Waals surface area contributed by atoms with Crippen LogP contribution in [0.25, 0.3) is 0 Å². The summed E-state index contributed by atoms with van der Waals surface area (Å²) in [6.07, 6.45) is 1.24. The molecule has 2 heteroatoms. The molecule has 0 saturated carbocycles. The van der Waals surface area contributed by atoms with E-state index >= 15 is 0 Å². The van der Waals surface area contributed by atoms with Gasteiger partial charge in [-0.15, -0.1) is 0 Å². The number of rotatable bonds is 2. The number of hydrogen-bond donors (Lipinski definition) is 0. The fraction of sp³-hybridized carbons (Fsp3) is 1.00. The van der Waals surface area contributed by atoms with Crippen LogP contribution >= 0.6 is 9.39 Å². The van der Waals surface area contributed by atoms with Crippen molar-refractivity contribution in [3.05, 3.63) is 0 Å². The Balaban J connectivity index is 2.63. The second kappa shape index (κ2) is 3.58. The van der Waals surface area contributed by atoms with Crippen molar-refractivity contribution in [2.75, 3.05) is 13.6 Å². The zero-order valence-corrected chi connectivity index (χ0v) is 5.59. The largest absolute Gasteiger partial charge is 0.290 e. The van der Waals surface area contributed by atoms with Crippen LogP contribution in [0.3, 0.4) is 0 Å². The van der Waals surface area contributed by atoms with E-state index in [1.165, 1.54) is 13.0 Å². The second-order valence-corrected chi connectivity index (χ2v) is 2.36. The first-order chi connectivity index (χ1) is 2.77. The van der Waals surface area contributed by atoms with Crippen molar-refractivity contribution < 1.29 is 0 Å². The predicted molar refractivity (Wildman–Crippen MR) is 32.6 cm³/mol. The van der Waals surface area contributed by atoms with Crippen molar-refractivity contribution in [3.63, 3.8) is 0 Å². The van der Waals surface area contributed by atoms with Gasteiger partial charge in [-0.3, -0.25) is 4.67 Å². The molecule has 0 aromatic heterocycles. The SMILES string of the molecule is CCCN(C)P. The van der Waals surface area contributed by atoms with E-state index in [-0.39, 0.29) is 0 Å². The molecule has 0 aliphatic carbocycles. The highest BCUT2D eigenvalue weighted by Crippen LogP contribution is 1.91. The Morgan fingerprint density at radius 1 is 1.67 bits per heavy atom. The van der Waals surface area contributed by atoms with Crippen LogP contribution in [-0.4, -0.2) is 18.3 Å². The molecule has 1 nitrogen and oxygen atoms in total. The minimum atomic E-state index is 1.17. The van der Waals surface area contributed by atoms with Gasteiger partial charge < -0.3 is 0 Å². The molecule has 0 amide bonds. The topological polar surface area (TPSA) is 3.24 Å². The van der Waals surface area contributed by atoms with Crippen LogP contribution in [0.2, 0.25) is 0 Å². The molecule has 0 radical (unpaired) electrons. The maximum absolute atomic E-state index is 2.61. The third-order valence-electron chi connectivity index (χ3n) is 0.576. The molecule has 0 aliphatic rings. The molecule has 0 aromatic carbocycles. The molecule has 0 fully saturated rings. The normalized spacial score (nSPS) is 10.0. The Morgan fingerprint density at radius 2 is 2.17 bits per heavy atom. The van der Waals surface area contributed by atoms with Gasteiger partial charge >= 0.3 is 0 Å². The van der Waals surface area contributed by atoms with E-state index in [2.05, 4.69) is 21.0 Å². The van der Waals surface area contributed by atoms with Gasteiger partial charge in [0.2, 0.25) is 0 Å². The van der Waals surface area contributed by atoms with E-state index in [0.29, 0.717) is 0 Å². The first kappa shape index (κ1) is 6.39. The fourth-order valence-electron chi connectivity index (χ4n) is 0.353. The van der Waals surface area contributed by atoms with Gasteiger partial charge in [0.1, 0.15) is 0 Å². The fourth-order valence-corrected chi connectivity index (χ4v) is 0.611. The highest BCUT2D eigenvalue weighted by molar-refractivity contribution is 7.13. The van der Waals surface area contributed by atoms with Gasteiger partial charge in [-0.1, -0.05) is 16.3 Å². The van der Waals surface area contributed by atoms with E-state index in [1.807, 2.05) is 7.05 Å². The van der Waals surface area contributed by atoms with Crippen LogP contribution in [0.4, 0.5) is 0 Å². The predicted octanol–water partition coefficient (Wildman–Crippen LogP) is 1.12. The van der Waals surface area contributed by atoms with Gasteiger partial charge in [-0.2, -0.15) is 0 Å². The van der Waals surface area contributed by atoms with Crippen molar-refractivity contribution in [2.24, 2.45) is 0 Å². The lowest BCUT2D eigenvalue weighted by Gasteiger charge is -2.03. The highest BCUT2D eigenvalue weighted by Gasteiger charge is 1.79. The minimum Gasteiger partial charge on any atom is -0.290 e. The van der Waals surface area contributed by atoms with Crippen molar-refractivity contribution in [1.29, 1.82) is 0 Å². The van der Waals surface area contributed by atoms with Gasteiger partial charge in [0.05, 0.1) is 0 Å². The molecule has 0 aliphatic heterocycles. The molecular formula is C4H12NP. The lowest BCUT2D eigenvalue weighted by atomic mass is 10.5. The van der Waals surface area contributed by atoms with Crippen molar-refractivity contribution >= 4 is 9.39 Å². The lowest BCUT2D eigenvalue weighted by Crippen LogP contribution is -2.02. The maximum Gasteiger partial charge on any atom is 0.00105 e. The van der Waals surface area contributed by atoms with Gasteiger partial charge in [0, 0.05) is 6.54 Å². The molecule has 0 N–H and O–H groups in total. The van der Waals surface area contributed by atoms with E-state index in [4.69, 9.17) is 0 Å². The highest BCUT2D eigenvalue weighted by atomic mass is 31.0. The zero-order valence-electron chi connectivity index (χ0n) is 4.44.